The third kappa shape index (κ3) is 4.66. The Balaban J connectivity index is 1.39. The molecule has 1 aliphatic carbocycles. The van der Waals surface area contributed by atoms with Gasteiger partial charge in [-0.25, -0.2) is 9.37 Å². The molecular weight excluding hydrogens is 415 g/mol. The second kappa shape index (κ2) is 8.59. The Bertz CT molecular complexity index is 1130. The maximum atomic E-state index is 13.1. The van der Waals surface area contributed by atoms with Crippen molar-refractivity contribution in [2.75, 3.05) is 4.90 Å². The van der Waals surface area contributed by atoms with Gasteiger partial charge in [-0.3, -0.25) is 14.5 Å². The Kier molecular flexibility index (Phi) is 5.87. The summed E-state index contributed by atoms with van der Waals surface area (Å²) < 4.78 is 18.5. The first-order chi connectivity index (χ1) is 14.8. The molecular formula is C24H23FN2O3S. The van der Waals surface area contributed by atoms with E-state index in [-0.39, 0.29) is 36.1 Å². The van der Waals surface area contributed by atoms with Crippen LogP contribution in [0, 0.1) is 25.6 Å². The van der Waals surface area contributed by atoms with E-state index >= 15 is 0 Å². The standard InChI is InChI=1S/C24H23FN2O3S/c1-14-4-9-20(10-15(14)2)27(16(3)28)24-26-19(13-31-24)12-30-23(29)22-11-21(22)17-5-7-18(25)8-6-17/h4-10,13,21-22H,11-12H2,1-3H3. The molecule has 0 bridgehead atoms. The highest BCUT2D eigenvalue weighted by Gasteiger charge is 2.45. The monoisotopic (exact) mass is 438 g/mol. The van der Waals surface area contributed by atoms with Crippen LogP contribution in [0.5, 0.6) is 0 Å². The molecule has 2 aromatic carbocycles. The number of aryl methyl sites for hydroxylation is 2. The molecule has 1 aliphatic rings. The SMILES string of the molecule is CC(=O)N(c1ccc(C)c(C)c1)c1nc(COC(=O)C2CC2c2ccc(F)cc2)cs1. The van der Waals surface area contributed by atoms with Crippen LogP contribution in [0.1, 0.15) is 41.6 Å². The number of hydrogen-bond acceptors (Lipinski definition) is 5. The highest BCUT2D eigenvalue weighted by molar-refractivity contribution is 7.14. The van der Waals surface area contributed by atoms with E-state index in [1.807, 2.05) is 32.0 Å². The Labute approximate surface area is 184 Å². The van der Waals surface area contributed by atoms with Gasteiger partial charge in [0, 0.05) is 12.3 Å². The number of aromatic nitrogens is 1. The zero-order chi connectivity index (χ0) is 22.1. The van der Waals surface area contributed by atoms with E-state index in [1.165, 1.54) is 30.4 Å². The first-order valence-corrected chi connectivity index (χ1v) is 11.0. The lowest BCUT2D eigenvalue weighted by Gasteiger charge is -2.19. The highest BCUT2D eigenvalue weighted by atomic mass is 32.1. The van der Waals surface area contributed by atoms with Crippen molar-refractivity contribution in [2.45, 2.75) is 39.7 Å². The number of hydrogen-bond donors (Lipinski definition) is 0. The Morgan fingerprint density at radius 2 is 1.90 bits per heavy atom. The number of halogens is 1. The normalized spacial score (nSPS) is 17.3. The number of esters is 1. The van der Waals surface area contributed by atoms with Gasteiger partial charge in [0.1, 0.15) is 12.4 Å². The molecule has 0 spiro atoms. The third-order valence-electron chi connectivity index (χ3n) is 5.55. The number of thiazole rings is 1. The smallest absolute Gasteiger partial charge is 0.309 e. The maximum absolute atomic E-state index is 13.1. The van der Waals surface area contributed by atoms with E-state index in [4.69, 9.17) is 4.74 Å². The summed E-state index contributed by atoms with van der Waals surface area (Å²) in [5.74, 6) is -0.823. The summed E-state index contributed by atoms with van der Waals surface area (Å²) >= 11 is 1.33. The van der Waals surface area contributed by atoms with Gasteiger partial charge in [0.05, 0.1) is 17.3 Å². The minimum Gasteiger partial charge on any atom is -0.459 e. The van der Waals surface area contributed by atoms with Crippen LogP contribution >= 0.6 is 11.3 Å². The molecule has 1 amide bonds. The summed E-state index contributed by atoms with van der Waals surface area (Å²) in [7, 11) is 0. The average molecular weight is 439 g/mol. The molecule has 160 valence electrons. The third-order valence-corrected chi connectivity index (χ3v) is 6.42. The molecule has 1 heterocycles. The van der Waals surface area contributed by atoms with Crippen LogP contribution < -0.4 is 4.90 Å². The number of rotatable bonds is 6. The van der Waals surface area contributed by atoms with Crippen LogP contribution in [-0.4, -0.2) is 16.9 Å². The van der Waals surface area contributed by atoms with E-state index in [1.54, 1.807) is 22.4 Å². The van der Waals surface area contributed by atoms with E-state index < -0.39 is 0 Å². The number of anilines is 2. The van der Waals surface area contributed by atoms with Gasteiger partial charge >= 0.3 is 5.97 Å². The molecule has 31 heavy (non-hydrogen) atoms. The molecule has 0 aliphatic heterocycles. The number of amides is 1. The van der Waals surface area contributed by atoms with Crippen molar-refractivity contribution >= 4 is 34.0 Å². The van der Waals surface area contributed by atoms with Crippen molar-refractivity contribution in [3.05, 3.63) is 76.0 Å². The zero-order valence-electron chi connectivity index (χ0n) is 17.6. The summed E-state index contributed by atoms with van der Waals surface area (Å²) in [5.41, 5.74) is 4.55. The summed E-state index contributed by atoms with van der Waals surface area (Å²) in [6.07, 6.45) is 0.706. The van der Waals surface area contributed by atoms with Gasteiger partial charge in [-0.2, -0.15) is 0 Å². The fourth-order valence-electron chi connectivity index (χ4n) is 3.54. The fourth-order valence-corrected chi connectivity index (χ4v) is 4.41. The molecule has 0 radical (unpaired) electrons. The van der Waals surface area contributed by atoms with Gasteiger partial charge in [0.2, 0.25) is 5.91 Å². The quantitative estimate of drug-likeness (QED) is 0.482. The second-order valence-corrected chi connectivity index (χ2v) is 8.69. The van der Waals surface area contributed by atoms with Gasteiger partial charge in [0.15, 0.2) is 5.13 Å². The number of carbonyl (C=O) groups excluding carboxylic acids is 2. The van der Waals surface area contributed by atoms with Crippen molar-refractivity contribution < 1.29 is 18.7 Å². The fraction of sp³-hybridized carbons (Fsp3) is 0.292. The zero-order valence-corrected chi connectivity index (χ0v) is 18.4. The molecule has 5 nitrogen and oxygen atoms in total. The predicted molar refractivity (Wildman–Crippen MR) is 118 cm³/mol. The van der Waals surface area contributed by atoms with E-state index in [9.17, 15) is 14.0 Å². The lowest BCUT2D eigenvalue weighted by Crippen LogP contribution is -2.22. The number of nitrogens with zero attached hydrogens (tertiary/aromatic N) is 2. The molecule has 1 aromatic heterocycles. The largest absolute Gasteiger partial charge is 0.459 e. The van der Waals surface area contributed by atoms with Crippen LogP contribution in [0.2, 0.25) is 0 Å². The molecule has 1 fully saturated rings. The van der Waals surface area contributed by atoms with Crippen molar-refractivity contribution in [2.24, 2.45) is 5.92 Å². The molecule has 1 saturated carbocycles. The van der Waals surface area contributed by atoms with Gasteiger partial charge in [-0.15, -0.1) is 11.3 Å². The lowest BCUT2D eigenvalue weighted by molar-refractivity contribution is -0.146. The highest BCUT2D eigenvalue weighted by Crippen LogP contribution is 2.48. The Hall–Kier alpha value is -3.06. The van der Waals surface area contributed by atoms with E-state index in [0.717, 1.165) is 22.4 Å². The molecule has 0 N–H and O–H groups in total. The van der Waals surface area contributed by atoms with E-state index in [0.29, 0.717) is 17.2 Å². The molecule has 4 rings (SSSR count). The van der Waals surface area contributed by atoms with Crippen molar-refractivity contribution in [1.82, 2.24) is 4.98 Å². The molecule has 3 aromatic rings. The minimum absolute atomic E-state index is 0.0562. The van der Waals surface area contributed by atoms with Gasteiger partial charge in [-0.1, -0.05) is 18.2 Å². The predicted octanol–water partition coefficient (Wildman–Crippen LogP) is 5.43. The first-order valence-electron chi connectivity index (χ1n) is 10.1. The van der Waals surface area contributed by atoms with E-state index in [2.05, 4.69) is 4.98 Å². The summed E-state index contributed by atoms with van der Waals surface area (Å²) in [5, 5.41) is 2.33. The van der Waals surface area contributed by atoms with Crippen LogP contribution in [-0.2, 0) is 20.9 Å². The van der Waals surface area contributed by atoms with Gasteiger partial charge < -0.3 is 4.74 Å². The van der Waals surface area contributed by atoms with Crippen molar-refractivity contribution in [1.29, 1.82) is 0 Å². The summed E-state index contributed by atoms with van der Waals surface area (Å²) in [4.78, 5) is 30.7. The van der Waals surface area contributed by atoms with Gasteiger partial charge in [0.25, 0.3) is 0 Å². The first kappa shape index (κ1) is 21.2. The van der Waals surface area contributed by atoms with Crippen molar-refractivity contribution in [3.8, 4) is 0 Å². The van der Waals surface area contributed by atoms with Crippen LogP contribution in [0.4, 0.5) is 15.2 Å². The van der Waals surface area contributed by atoms with Crippen LogP contribution in [0.15, 0.2) is 47.8 Å². The number of carbonyl (C=O) groups is 2. The molecule has 2 unspecified atom stereocenters. The lowest BCUT2D eigenvalue weighted by atomic mass is 10.1. The van der Waals surface area contributed by atoms with Crippen LogP contribution in [0.3, 0.4) is 0 Å². The maximum Gasteiger partial charge on any atom is 0.309 e. The number of benzene rings is 2. The number of ether oxygens (including phenoxy) is 1. The average Bonchev–Trinajstić information content (AvgIpc) is 3.41. The summed E-state index contributed by atoms with van der Waals surface area (Å²) in [6.45, 7) is 5.58. The molecule has 0 saturated heterocycles. The van der Waals surface area contributed by atoms with Crippen LogP contribution in [0.25, 0.3) is 0 Å². The second-order valence-electron chi connectivity index (χ2n) is 7.85. The van der Waals surface area contributed by atoms with Gasteiger partial charge in [-0.05, 0) is 67.1 Å². The minimum atomic E-state index is -0.289. The molecule has 2 atom stereocenters. The Morgan fingerprint density at radius 3 is 2.58 bits per heavy atom. The topological polar surface area (TPSA) is 59.5 Å². The summed E-state index contributed by atoms with van der Waals surface area (Å²) in [6, 6.07) is 12.1. The van der Waals surface area contributed by atoms with Crippen molar-refractivity contribution in [3.63, 3.8) is 0 Å². The molecule has 7 heteroatoms. The Morgan fingerprint density at radius 1 is 1.16 bits per heavy atom.